The largest absolute Gasteiger partial charge is 0.383 e. The van der Waals surface area contributed by atoms with Crippen LogP contribution in [0.3, 0.4) is 0 Å². The molecule has 4 nitrogen and oxygen atoms in total. The minimum Gasteiger partial charge on any atom is -0.383 e. The predicted molar refractivity (Wildman–Crippen MR) is 66.2 cm³/mol. The molecule has 4 heteroatoms. The maximum Gasteiger partial charge on any atom is 0.222 e. The van der Waals surface area contributed by atoms with Crippen LogP contribution in [0.1, 0.15) is 26.7 Å². The van der Waals surface area contributed by atoms with Crippen molar-refractivity contribution in [2.75, 3.05) is 26.8 Å². The fourth-order valence-corrected chi connectivity index (χ4v) is 1.26. The molecule has 0 radical (unpaired) electrons. The summed E-state index contributed by atoms with van der Waals surface area (Å²) in [7, 11) is 1.62. The summed E-state index contributed by atoms with van der Waals surface area (Å²) in [4.78, 5) is 13.6. The first-order valence-corrected chi connectivity index (χ1v) is 5.57. The third-order valence-corrected chi connectivity index (χ3v) is 2.25. The number of carbonyl (C=O) groups excluding carboxylic acids is 1. The summed E-state index contributed by atoms with van der Waals surface area (Å²) in [5, 5.41) is 0. The van der Waals surface area contributed by atoms with Crippen molar-refractivity contribution in [1.82, 2.24) is 4.90 Å². The van der Waals surface area contributed by atoms with E-state index in [4.69, 9.17) is 10.5 Å². The van der Waals surface area contributed by atoms with Crippen molar-refractivity contribution in [3.8, 4) is 0 Å². The molecule has 0 saturated carbocycles. The number of methoxy groups -OCH3 is 1. The van der Waals surface area contributed by atoms with Crippen LogP contribution < -0.4 is 5.73 Å². The van der Waals surface area contributed by atoms with Gasteiger partial charge in [0.15, 0.2) is 0 Å². The molecular formula is C12H24N2O2. The molecule has 0 aromatic rings. The van der Waals surface area contributed by atoms with Crippen LogP contribution in [0, 0.1) is 0 Å². The lowest BCUT2D eigenvalue weighted by atomic mass is 10.00. The van der Waals surface area contributed by atoms with E-state index in [1.807, 2.05) is 13.8 Å². The molecule has 0 aliphatic carbocycles. The highest BCUT2D eigenvalue weighted by Gasteiger charge is 2.16. The van der Waals surface area contributed by atoms with Crippen LogP contribution in [0.4, 0.5) is 0 Å². The lowest BCUT2D eigenvalue weighted by Crippen LogP contribution is -2.37. The Balaban J connectivity index is 4.10. The summed E-state index contributed by atoms with van der Waals surface area (Å²) in [6, 6.07) is 0. The maximum absolute atomic E-state index is 11.9. The molecular weight excluding hydrogens is 204 g/mol. The topological polar surface area (TPSA) is 55.6 Å². The van der Waals surface area contributed by atoms with Crippen LogP contribution in [0.2, 0.25) is 0 Å². The predicted octanol–water partition coefficient (Wildman–Crippen LogP) is 1.16. The van der Waals surface area contributed by atoms with Crippen LogP contribution >= 0.6 is 0 Å². The summed E-state index contributed by atoms with van der Waals surface area (Å²) in [5.74, 6) is 0.107. The zero-order valence-electron chi connectivity index (χ0n) is 10.7. The van der Waals surface area contributed by atoms with E-state index in [0.29, 0.717) is 32.5 Å². The van der Waals surface area contributed by atoms with Crippen molar-refractivity contribution in [1.29, 1.82) is 0 Å². The highest BCUT2D eigenvalue weighted by molar-refractivity contribution is 5.76. The first-order valence-electron chi connectivity index (χ1n) is 5.57. The van der Waals surface area contributed by atoms with E-state index in [-0.39, 0.29) is 11.4 Å². The number of amides is 1. The summed E-state index contributed by atoms with van der Waals surface area (Å²) < 4.78 is 4.96. The lowest BCUT2D eigenvalue weighted by Gasteiger charge is -2.23. The molecule has 0 spiro atoms. The van der Waals surface area contributed by atoms with E-state index in [1.54, 1.807) is 18.1 Å². The first kappa shape index (κ1) is 15.1. The van der Waals surface area contributed by atoms with Crippen molar-refractivity contribution >= 4 is 5.91 Å². The zero-order chi connectivity index (χ0) is 12.6. The molecule has 16 heavy (non-hydrogen) atoms. The average Bonchev–Trinajstić information content (AvgIpc) is 2.19. The molecule has 0 bridgehead atoms. The van der Waals surface area contributed by atoms with Crippen molar-refractivity contribution in [3.05, 3.63) is 12.7 Å². The van der Waals surface area contributed by atoms with E-state index in [0.717, 1.165) is 0 Å². The van der Waals surface area contributed by atoms with Crippen LogP contribution in [0.25, 0.3) is 0 Å². The standard InChI is InChI=1S/C12H24N2O2/c1-5-8-14(9-10-16-4)11(15)6-7-12(2,3)13/h5H,1,6-10,13H2,2-4H3. The van der Waals surface area contributed by atoms with E-state index in [2.05, 4.69) is 6.58 Å². The molecule has 94 valence electrons. The summed E-state index contributed by atoms with van der Waals surface area (Å²) in [6.45, 7) is 9.20. The van der Waals surface area contributed by atoms with Crippen LogP contribution in [-0.4, -0.2) is 43.2 Å². The number of rotatable bonds is 8. The van der Waals surface area contributed by atoms with Gasteiger partial charge < -0.3 is 15.4 Å². The minimum absolute atomic E-state index is 0.107. The molecule has 2 N–H and O–H groups in total. The van der Waals surface area contributed by atoms with E-state index in [9.17, 15) is 4.79 Å². The van der Waals surface area contributed by atoms with Crippen molar-refractivity contribution in [2.24, 2.45) is 5.73 Å². The van der Waals surface area contributed by atoms with Crippen molar-refractivity contribution in [3.63, 3.8) is 0 Å². The molecule has 0 unspecified atom stereocenters. The Bertz CT molecular complexity index is 222. The lowest BCUT2D eigenvalue weighted by molar-refractivity contribution is -0.131. The van der Waals surface area contributed by atoms with Crippen LogP contribution in [-0.2, 0) is 9.53 Å². The van der Waals surface area contributed by atoms with Crippen LogP contribution in [0.15, 0.2) is 12.7 Å². The van der Waals surface area contributed by atoms with Gasteiger partial charge in [-0.15, -0.1) is 6.58 Å². The van der Waals surface area contributed by atoms with Crippen molar-refractivity contribution < 1.29 is 9.53 Å². The SMILES string of the molecule is C=CCN(CCOC)C(=O)CCC(C)(C)N. The molecule has 1 amide bonds. The average molecular weight is 228 g/mol. The number of carbonyl (C=O) groups is 1. The van der Waals surface area contributed by atoms with E-state index in [1.165, 1.54) is 0 Å². The van der Waals surface area contributed by atoms with E-state index >= 15 is 0 Å². The van der Waals surface area contributed by atoms with Gasteiger partial charge in [-0.3, -0.25) is 4.79 Å². The Labute approximate surface area is 98.4 Å². The highest BCUT2D eigenvalue weighted by Crippen LogP contribution is 2.09. The molecule has 0 atom stereocenters. The molecule has 0 fully saturated rings. The van der Waals surface area contributed by atoms with Gasteiger partial charge in [-0.25, -0.2) is 0 Å². The second-order valence-corrected chi connectivity index (χ2v) is 4.61. The molecule has 0 aromatic heterocycles. The van der Waals surface area contributed by atoms with Crippen LogP contribution in [0.5, 0.6) is 0 Å². The molecule has 0 aromatic carbocycles. The van der Waals surface area contributed by atoms with Crippen molar-refractivity contribution in [2.45, 2.75) is 32.2 Å². The van der Waals surface area contributed by atoms with Gasteiger partial charge in [0, 0.05) is 32.2 Å². The first-order chi connectivity index (χ1) is 7.40. The number of nitrogens with zero attached hydrogens (tertiary/aromatic N) is 1. The van der Waals surface area contributed by atoms with Gasteiger partial charge >= 0.3 is 0 Å². The third kappa shape index (κ3) is 7.43. The van der Waals surface area contributed by atoms with Gasteiger partial charge in [-0.05, 0) is 20.3 Å². The summed E-state index contributed by atoms with van der Waals surface area (Å²) >= 11 is 0. The summed E-state index contributed by atoms with van der Waals surface area (Å²) in [6.07, 6.45) is 2.88. The Kier molecular flexibility index (Phi) is 7.01. The van der Waals surface area contributed by atoms with Gasteiger partial charge in [0.1, 0.15) is 0 Å². The molecule has 0 heterocycles. The highest BCUT2D eigenvalue weighted by atomic mass is 16.5. The fraction of sp³-hybridized carbons (Fsp3) is 0.750. The molecule has 0 aliphatic rings. The molecule has 0 rings (SSSR count). The minimum atomic E-state index is -0.295. The monoisotopic (exact) mass is 228 g/mol. The van der Waals surface area contributed by atoms with Gasteiger partial charge in [0.05, 0.1) is 6.61 Å². The Hall–Kier alpha value is -0.870. The third-order valence-electron chi connectivity index (χ3n) is 2.25. The number of nitrogens with two attached hydrogens (primary N) is 1. The van der Waals surface area contributed by atoms with Gasteiger partial charge in [-0.2, -0.15) is 0 Å². The Morgan fingerprint density at radius 2 is 2.19 bits per heavy atom. The van der Waals surface area contributed by atoms with Gasteiger partial charge in [0.2, 0.25) is 5.91 Å². The number of ether oxygens (including phenoxy) is 1. The Morgan fingerprint density at radius 1 is 1.56 bits per heavy atom. The fourth-order valence-electron chi connectivity index (χ4n) is 1.26. The second kappa shape index (κ2) is 7.41. The maximum atomic E-state index is 11.9. The Morgan fingerprint density at radius 3 is 2.62 bits per heavy atom. The van der Waals surface area contributed by atoms with E-state index < -0.39 is 0 Å². The molecule has 0 saturated heterocycles. The van der Waals surface area contributed by atoms with Gasteiger partial charge in [0.25, 0.3) is 0 Å². The number of hydrogen-bond donors (Lipinski definition) is 1. The number of hydrogen-bond acceptors (Lipinski definition) is 3. The zero-order valence-corrected chi connectivity index (χ0v) is 10.7. The summed E-state index contributed by atoms with van der Waals surface area (Å²) in [5.41, 5.74) is 5.55. The molecule has 0 aliphatic heterocycles. The van der Waals surface area contributed by atoms with Gasteiger partial charge in [-0.1, -0.05) is 6.08 Å². The normalized spacial score (nSPS) is 11.2. The second-order valence-electron chi connectivity index (χ2n) is 4.61. The quantitative estimate of drug-likeness (QED) is 0.634. The smallest absolute Gasteiger partial charge is 0.222 e.